The lowest BCUT2D eigenvalue weighted by molar-refractivity contribution is -0.220. The van der Waals surface area contributed by atoms with Crippen LogP contribution in [0.5, 0.6) is 0 Å². The van der Waals surface area contributed by atoms with Gasteiger partial charge >= 0.3 is 19.8 Å². The van der Waals surface area contributed by atoms with E-state index < -0.39 is 75.7 Å². The van der Waals surface area contributed by atoms with Crippen LogP contribution in [0.1, 0.15) is 232 Å². The predicted octanol–water partition coefficient (Wildman–Crippen LogP) is 12.8. The highest BCUT2D eigenvalue weighted by Crippen LogP contribution is 2.47. The number of carbonyl (C=O) groups is 2. The van der Waals surface area contributed by atoms with Crippen molar-refractivity contribution in [2.75, 3.05) is 13.2 Å². The second-order valence-electron chi connectivity index (χ2n) is 19.4. The fourth-order valence-corrected chi connectivity index (χ4v) is 9.37. The van der Waals surface area contributed by atoms with Crippen LogP contribution in [0, 0.1) is 0 Å². The molecular formula is C57H101O13P. The van der Waals surface area contributed by atoms with Crippen LogP contribution in [0.15, 0.2) is 60.8 Å². The minimum absolute atomic E-state index is 0.0896. The molecule has 0 aromatic heterocycles. The van der Waals surface area contributed by atoms with Crippen LogP contribution in [0.25, 0.3) is 0 Å². The van der Waals surface area contributed by atoms with E-state index in [-0.39, 0.29) is 12.8 Å². The Bertz CT molecular complexity index is 1470. The number of hydrogen-bond donors (Lipinski definition) is 6. The summed E-state index contributed by atoms with van der Waals surface area (Å²) in [7, 11) is -5.13. The molecule has 6 atom stereocenters. The Balaban J connectivity index is 2.35. The number of aliphatic hydroxyl groups excluding tert-OH is 5. The maximum absolute atomic E-state index is 12.9. The molecular weight excluding hydrogens is 924 g/mol. The molecule has 1 aliphatic rings. The lowest BCUT2D eigenvalue weighted by Crippen LogP contribution is -2.64. The van der Waals surface area contributed by atoms with E-state index in [2.05, 4.69) is 74.6 Å². The third-order valence-corrected chi connectivity index (χ3v) is 13.8. The number of allylic oxidation sites excluding steroid dienone is 10. The summed E-state index contributed by atoms with van der Waals surface area (Å²) in [5.41, 5.74) is 0. The molecule has 0 radical (unpaired) electrons. The molecule has 0 amide bonds. The summed E-state index contributed by atoms with van der Waals surface area (Å²) >= 11 is 0. The van der Waals surface area contributed by atoms with Crippen LogP contribution in [-0.2, 0) is 32.7 Å². The topological polar surface area (TPSA) is 210 Å². The fourth-order valence-electron chi connectivity index (χ4n) is 8.39. The lowest BCUT2D eigenvalue weighted by Gasteiger charge is -2.41. The van der Waals surface area contributed by atoms with Crippen molar-refractivity contribution in [1.82, 2.24) is 0 Å². The fraction of sp³-hybridized carbons (Fsp3) is 0.789. The molecule has 0 heterocycles. The van der Waals surface area contributed by atoms with Gasteiger partial charge in [0.05, 0.1) is 6.61 Å². The summed E-state index contributed by atoms with van der Waals surface area (Å²) in [5, 5.41) is 50.4. The van der Waals surface area contributed by atoms with E-state index in [0.29, 0.717) is 12.8 Å². The Morgan fingerprint density at radius 3 is 1.24 bits per heavy atom. The largest absolute Gasteiger partial charge is 0.472 e. The van der Waals surface area contributed by atoms with Crippen molar-refractivity contribution < 1.29 is 63.1 Å². The molecule has 13 nitrogen and oxygen atoms in total. The van der Waals surface area contributed by atoms with E-state index in [1.165, 1.54) is 109 Å². The predicted molar refractivity (Wildman–Crippen MR) is 286 cm³/mol. The van der Waals surface area contributed by atoms with Crippen molar-refractivity contribution >= 4 is 19.8 Å². The van der Waals surface area contributed by atoms with Gasteiger partial charge in [-0.1, -0.05) is 203 Å². The minimum Gasteiger partial charge on any atom is -0.462 e. The average molecular weight is 1030 g/mol. The Labute approximate surface area is 430 Å². The molecule has 0 aromatic rings. The maximum atomic E-state index is 12.9. The number of carbonyl (C=O) groups excluding carboxylic acids is 2. The molecule has 71 heavy (non-hydrogen) atoms. The van der Waals surface area contributed by atoms with Crippen molar-refractivity contribution in [3.8, 4) is 0 Å². The van der Waals surface area contributed by atoms with E-state index in [1.54, 1.807) is 0 Å². The van der Waals surface area contributed by atoms with Crippen LogP contribution in [0.4, 0.5) is 0 Å². The third-order valence-electron chi connectivity index (χ3n) is 12.8. The molecule has 1 saturated carbocycles. The first-order valence-corrected chi connectivity index (χ1v) is 29.6. The van der Waals surface area contributed by atoms with Crippen LogP contribution in [-0.4, -0.2) is 98.3 Å². The van der Waals surface area contributed by atoms with Gasteiger partial charge in [0.15, 0.2) is 6.10 Å². The molecule has 0 saturated heterocycles. The third kappa shape index (κ3) is 37.9. The van der Waals surface area contributed by atoms with E-state index in [1.807, 2.05) is 0 Å². The number of phosphoric acid groups is 1. The summed E-state index contributed by atoms with van der Waals surface area (Å²) in [5.74, 6) is -1.10. The number of phosphoric ester groups is 1. The number of unbranched alkanes of at least 4 members (excludes halogenated alkanes) is 25. The van der Waals surface area contributed by atoms with Gasteiger partial charge in [-0.15, -0.1) is 0 Å². The van der Waals surface area contributed by atoms with Crippen molar-refractivity contribution in [3.63, 3.8) is 0 Å². The normalized spacial score (nSPS) is 21.1. The molecule has 0 aromatic carbocycles. The maximum Gasteiger partial charge on any atom is 0.472 e. The van der Waals surface area contributed by atoms with Crippen LogP contribution < -0.4 is 0 Å². The van der Waals surface area contributed by atoms with Gasteiger partial charge in [0.2, 0.25) is 0 Å². The van der Waals surface area contributed by atoms with Crippen molar-refractivity contribution in [2.45, 2.75) is 275 Å². The molecule has 0 spiro atoms. The zero-order valence-corrected chi connectivity index (χ0v) is 45.2. The monoisotopic (exact) mass is 1020 g/mol. The molecule has 6 unspecified atom stereocenters. The van der Waals surface area contributed by atoms with Gasteiger partial charge in [-0.2, -0.15) is 0 Å². The smallest absolute Gasteiger partial charge is 0.462 e. The first-order valence-electron chi connectivity index (χ1n) is 28.1. The number of ether oxygens (including phenoxy) is 2. The second-order valence-corrected chi connectivity index (χ2v) is 20.8. The summed E-state index contributed by atoms with van der Waals surface area (Å²) in [4.78, 5) is 36.0. The molecule has 6 N–H and O–H groups in total. The van der Waals surface area contributed by atoms with Crippen LogP contribution >= 0.6 is 7.82 Å². The highest BCUT2D eigenvalue weighted by Gasteiger charge is 2.51. The summed E-state index contributed by atoms with van der Waals surface area (Å²) in [6.45, 7) is 3.22. The van der Waals surface area contributed by atoms with Gasteiger partial charge in [0.1, 0.15) is 43.2 Å². The molecule has 1 fully saturated rings. The lowest BCUT2D eigenvalue weighted by atomic mass is 9.85. The Morgan fingerprint density at radius 1 is 0.451 bits per heavy atom. The second kappa shape index (κ2) is 46.1. The highest BCUT2D eigenvalue weighted by atomic mass is 31.2. The Hall–Kier alpha value is -2.45. The molecule has 0 aliphatic heterocycles. The van der Waals surface area contributed by atoms with Crippen molar-refractivity contribution in [3.05, 3.63) is 60.8 Å². The van der Waals surface area contributed by atoms with Gasteiger partial charge < -0.3 is 39.9 Å². The Morgan fingerprint density at radius 2 is 0.803 bits per heavy atom. The first-order chi connectivity index (χ1) is 34.4. The SMILES string of the molecule is CC/C=C\C/C=C\C/C=C\C/C=C\CCCCCCCCCCCCC(=O)OC(COC(=O)CCCCCCCCCCC/C=C\CCCCCCCC)COP(=O)(O)OC1C(O)C(O)C(O)C(O)C1O. The van der Waals surface area contributed by atoms with Crippen molar-refractivity contribution in [2.24, 2.45) is 0 Å². The van der Waals surface area contributed by atoms with E-state index in [0.717, 1.165) is 83.5 Å². The highest BCUT2D eigenvalue weighted by molar-refractivity contribution is 7.47. The van der Waals surface area contributed by atoms with Gasteiger partial charge in [0.25, 0.3) is 0 Å². The van der Waals surface area contributed by atoms with Gasteiger partial charge in [-0.25, -0.2) is 4.57 Å². The quantitative estimate of drug-likeness (QED) is 0.0145. The van der Waals surface area contributed by atoms with Crippen LogP contribution in [0.3, 0.4) is 0 Å². The summed E-state index contributed by atoms with van der Waals surface area (Å²) < 4.78 is 33.7. The van der Waals surface area contributed by atoms with Crippen LogP contribution in [0.2, 0.25) is 0 Å². The van der Waals surface area contributed by atoms with E-state index >= 15 is 0 Å². The van der Waals surface area contributed by atoms with E-state index in [4.69, 9.17) is 18.5 Å². The number of aliphatic hydroxyl groups is 5. The van der Waals surface area contributed by atoms with Gasteiger partial charge in [0, 0.05) is 12.8 Å². The molecule has 412 valence electrons. The van der Waals surface area contributed by atoms with Gasteiger partial charge in [-0.05, 0) is 77.0 Å². The van der Waals surface area contributed by atoms with Gasteiger partial charge in [-0.3, -0.25) is 18.6 Å². The zero-order valence-electron chi connectivity index (χ0n) is 44.3. The zero-order chi connectivity index (χ0) is 52.1. The minimum atomic E-state index is -5.13. The molecule has 14 heteroatoms. The molecule has 0 bridgehead atoms. The van der Waals surface area contributed by atoms with Crippen molar-refractivity contribution in [1.29, 1.82) is 0 Å². The standard InChI is InChI=1S/C57H101O13P/c1-3-5-7-9-11-13-15-17-19-21-23-24-25-26-28-30-32-34-36-38-40-42-44-46-51(59)69-49(48-68-71(65,66)70-57-55(63)53(61)52(60)54(62)56(57)64)47-67-50(58)45-43-41-39-37-35-33-31-29-27-22-20-18-16-14-12-10-8-6-4-2/h5,7,11,13,17-20,23-24,49,52-57,60-64H,3-4,6,8-10,12,14-16,21-22,25-48H2,1-2H3,(H,65,66)/b7-5-,13-11-,19-17-,20-18-,24-23-. The molecule has 1 aliphatic carbocycles. The Kier molecular flexibility index (Phi) is 43.2. The summed E-state index contributed by atoms with van der Waals surface area (Å²) in [6.07, 6.45) is 45.4. The summed E-state index contributed by atoms with van der Waals surface area (Å²) in [6, 6.07) is 0. The average Bonchev–Trinajstić information content (AvgIpc) is 3.35. The van der Waals surface area contributed by atoms with E-state index in [9.17, 15) is 44.6 Å². The number of rotatable bonds is 47. The number of hydrogen-bond acceptors (Lipinski definition) is 12. The number of esters is 2. The first kappa shape index (κ1) is 66.6. The molecule has 1 rings (SSSR count).